The Morgan fingerprint density at radius 3 is 2.78 bits per heavy atom. The molecule has 3 rings (SSSR count). The van der Waals surface area contributed by atoms with Gasteiger partial charge in [-0.1, -0.05) is 30.3 Å². The molecule has 0 spiro atoms. The van der Waals surface area contributed by atoms with Gasteiger partial charge in [-0.15, -0.1) is 5.10 Å². The number of carbonyl (C=O) groups excluding carboxylic acids is 1. The molecule has 23 heavy (non-hydrogen) atoms. The first-order chi connectivity index (χ1) is 11.2. The highest BCUT2D eigenvalue weighted by molar-refractivity contribution is 5.80. The largest absolute Gasteiger partial charge is 0.347 e. The van der Waals surface area contributed by atoms with Gasteiger partial charge in [0.05, 0.1) is 6.54 Å². The van der Waals surface area contributed by atoms with Crippen molar-refractivity contribution in [1.82, 2.24) is 35.1 Å². The summed E-state index contributed by atoms with van der Waals surface area (Å²) >= 11 is 0. The lowest BCUT2D eigenvalue weighted by atomic mass is 10.1. The fourth-order valence-electron chi connectivity index (χ4n) is 2.31. The van der Waals surface area contributed by atoms with Crippen molar-refractivity contribution >= 4 is 5.91 Å². The van der Waals surface area contributed by atoms with Crippen LogP contribution in [0.5, 0.6) is 0 Å². The Morgan fingerprint density at radius 1 is 1.30 bits per heavy atom. The van der Waals surface area contributed by atoms with E-state index in [9.17, 15) is 4.79 Å². The number of aryl methyl sites for hydroxylation is 1. The maximum absolute atomic E-state index is 12.6. The Kier molecular flexibility index (Phi) is 4.41. The van der Waals surface area contributed by atoms with Crippen molar-refractivity contribution in [2.75, 3.05) is 0 Å². The second kappa shape index (κ2) is 6.82. The van der Waals surface area contributed by atoms with Crippen LogP contribution in [-0.4, -0.2) is 35.7 Å². The second-order valence-electron chi connectivity index (χ2n) is 5.17. The van der Waals surface area contributed by atoms with E-state index in [2.05, 4.69) is 25.8 Å². The minimum atomic E-state index is -0.507. The van der Waals surface area contributed by atoms with E-state index in [1.165, 1.54) is 11.0 Å². The molecule has 0 fully saturated rings. The number of hydrogen-bond acceptors (Lipinski definition) is 5. The van der Waals surface area contributed by atoms with Crippen LogP contribution in [0, 0.1) is 0 Å². The standard InChI is InChI=1S/C15H17N7O/c1-21-8-7-16-14(21)10-17-15(23)13(22-11-18-19-20-22)9-12-5-3-2-4-6-12/h2-8,11,13H,9-10H2,1H3,(H,17,23). The van der Waals surface area contributed by atoms with Crippen LogP contribution in [0.1, 0.15) is 17.4 Å². The molecule has 1 aromatic carbocycles. The number of amides is 1. The number of carbonyl (C=O) groups is 1. The maximum Gasteiger partial charge on any atom is 0.245 e. The number of imidazole rings is 1. The van der Waals surface area contributed by atoms with E-state index in [0.717, 1.165) is 11.4 Å². The Labute approximate surface area is 133 Å². The van der Waals surface area contributed by atoms with Gasteiger partial charge < -0.3 is 9.88 Å². The summed E-state index contributed by atoms with van der Waals surface area (Å²) < 4.78 is 3.34. The molecule has 0 aliphatic heterocycles. The van der Waals surface area contributed by atoms with Gasteiger partial charge in [-0.25, -0.2) is 9.67 Å². The van der Waals surface area contributed by atoms with Crippen molar-refractivity contribution in [3.63, 3.8) is 0 Å². The summed E-state index contributed by atoms with van der Waals surface area (Å²) in [6.45, 7) is 0.357. The molecule has 0 radical (unpaired) electrons. The topological polar surface area (TPSA) is 90.5 Å². The third kappa shape index (κ3) is 3.60. The first kappa shape index (κ1) is 14.9. The predicted molar refractivity (Wildman–Crippen MR) is 82.1 cm³/mol. The van der Waals surface area contributed by atoms with Crippen molar-refractivity contribution in [2.45, 2.75) is 19.0 Å². The van der Waals surface area contributed by atoms with Crippen molar-refractivity contribution in [3.05, 3.63) is 60.4 Å². The molecule has 1 atom stereocenters. The van der Waals surface area contributed by atoms with Crippen LogP contribution in [0.3, 0.4) is 0 Å². The molecule has 2 aromatic heterocycles. The molecule has 0 bridgehead atoms. The van der Waals surface area contributed by atoms with E-state index in [4.69, 9.17) is 0 Å². The van der Waals surface area contributed by atoms with E-state index >= 15 is 0 Å². The molecular formula is C15H17N7O. The summed E-state index contributed by atoms with van der Waals surface area (Å²) in [6.07, 6.45) is 5.50. The average Bonchev–Trinajstić information content (AvgIpc) is 3.23. The number of tetrazole rings is 1. The maximum atomic E-state index is 12.6. The zero-order valence-electron chi connectivity index (χ0n) is 12.7. The Morgan fingerprint density at radius 2 is 2.13 bits per heavy atom. The minimum absolute atomic E-state index is 0.149. The number of aromatic nitrogens is 6. The van der Waals surface area contributed by atoms with Crippen LogP contribution in [-0.2, 0) is 24.8 Å². The van der Waals surface area contributed by atoms with Crippen LogP contribution in [0.15, 0.2) is 49.1 Å². The number of benzene rings is 1. The van der Waals surface area contributed by atoms with Gasteiger partial charge in [0.1, 0.15) is 18.2 Å². The summed E-state index contributed by atoms with van der Waals surface area (Å²) in [5.74, 6) is 0.637. The summed E-state index contributed by atoms with van der Waals surface area (Å²) in [5.41, 5.74) is 1.04. The van der Waals surface area contributed by atoms with Crippen molar-refractivity contribution < 1.29 is 4.79 Å². The molecule has 1 amide bonds. The number of nitrogens with one attached hydrogen (secondary N) is 1. The SMILES string of the molecule is Cn1ccnc1CNC(=O)C(Cc1ccccc1)n1cnnn1. The predicted octanol–water partition coefficient (Wildman–Crippen LogP) is 0.507. The molecule has 1 unspecified atom stereocenters. The zero-order chi connectivity index (χ0) is 16.1. The third-order valence-electron chi connectivity index (χ3n) is 3.60. The Bertz CT molecular complexity index is 751. The van der Waals surface area contributed by atoms with Gasteiger partial charge in [0.15, 0.2) is 0 Å². The summed E-state index contributed by atoms with van der Waals surface area (Å²) in [7, 11) is 1.89. The lowest BCUT2D eigenvalue weighted by molar-refractivity contribution is -0.124. The molecule has 2 heterocycles. The van der Waals surface area contributed by atoms with Crippen LogP contribution in [0.4, 0.5) is 0 Å². The number of hydrogen-bond donors (Lipinski definition) is 1. The van der Waals surface area contributed by atoms with E-state index in [0.29, 0.717) is 13.0 Å². The molecule has 0 aliphatic carbocycles. The molecule has 1 N–H and O–H groups in total. The van der Waals surface area contributed by atoms with Crippen LogP contribution >= 0.6 is 0 Å². The van der Waals surface area contributed by atoms with E-state index < -0.39 is 6.04 Å². The van der Waals surface area contributed by atoms with Crippen molar-refractivity contribution in [1.29, 1.82) is 0 Å². The smallest absolute Gasteiger partial charge is 0.245 e. The van der Waals surface area contributed by atoms with Crippen molar-refractivity contribution in [3.8, 4) is 0 Å². The Hall–Kier alpha value is -3.03. The highest BCUT2D eigenvalue weighted by Gasteiger charge is 2.22. The molecule has 3 aromatic rings. The van der Waals surface area contributed by atoms with Gasteiger partial charge in [0.25, 0.3) is 0 Å². The molecular weight excluding hydrogens is 294 g/mol. The van der Waals surface area contributed by atoms with Gasteiger partial charge in [-0.2, -0.15) is 0 Å². The molecule has 118 valence electrons. The molecule has 8 nitrogen and oxygen atoms in total. The van der Waals surface area contributed by atoms with E-state index in [1.54, 1.807) is 6.20 Å². The quantitative estimate of drug-likeness (QED) is 0.716. The Balaban J connectivity index is 1.72. The number of nitrogens with zero attached hydrogens (tertiary/aromatic N) is 6. The number of rotatable bonds is 6. The first-order valence-electron chi connectivity index (χ1n) is 7.24. The summed E-state index contributed by atoms with van der Waals surface area (Å²) in [6, 6.07) is 9.27. The second-order valence-corrected chi connectivity index (χ2v) is 5.17. The van der Waals surface area contributed by atoms with Gasteiger partial charge in [0, 0.05) is 25.9 Å². The van der Waals surface area contributed by atoms with Gasteiger partial charge in [0.2, 0.25) is 5.91 Å². The molecule has 0 aliphatic rings. The zero-order valence-corrected chi connectivity index (χ0v) is 12.7. The fraction of sp³-hybridized carbons (Fsp3) is 0.267. The monoisotopic (exact) mass is 311 g/mol. The summed E-state index contributed by atoms with van der Waals surface area (Å²) in [5, 5.41) is 14.0. The summed E-state index contributed by atoms with van der Waals surface area (Å²) in [4.78, 5) is 16.8. The van der Waals surface area contributed by atoms with E-state index in [1.807, 2.05) is 48.1 Å². The van der Waals surface area contributed by atoms with Gasteiger partial charge in [-0.05, 0) is 16.0 Å². The highest BCUT2D eigenvalue weighted by atomic mass is 16.2. The fourth-order valence-corrected chi connectivity index (χ4v) is 2.31. The average molecular weight is 311 g/mol. The van der Waals surface area contributed by atoms with Gasteiger partial charge >= 0.3 is 0 Å². The van der Waals surface area contributed by atoms with Gasteiger partial charge in [-0.3, -0.25) is 4.79 Å². The van der Waals surface area contributed by atoms with Crippen LogP contribution < -0.4 is 5.32 Å². The van der Waals surface area contributed by atoms with Crippen LogP contribution in [0.2, 0.25) is 0 Å². The van der Waals surface area contributed by atoms with Crippen LogP contribution in [0.25, 0.3) is 0 Å². The van der Waals surface area contributed by atoms with E-state index in [-0.39, 0.29) is 5.91 Å². The molecule has 8 heteroatoms. The molecule has 0 saturated carbocycles. The third-order valence-corrected chi connectivity index (χ3v) is 3.60. The molecule has 0 saturated heterocycles. The van der Waals surface area contributed by atoms with Crippen molar-refractivity contribution in [2.24, 2.45) is 7.05 Å². The minimum Gasteiger partial charge on any atom is -0.347 e. The lowest BCUT2D eigenvalue weighted by Crippen LogP contribution is -2.34. The normalized spacial score (nSPS) is 12.0. The highest BCUT2D eigenvalue weighted by Crippen LogP contribution is 2.13. The first-order valence-corrected chi connectivity index (χ1v) is 7.24. The lowest BCUT2D eigenvalue weighted by Gasteiger charge is -2.16.